The average Bonchev–Trinajstić information content (AvgIpc) is 3.22. The largest absolute Gasteiger partial charge is 0.295 e. The van der Waals surface area contributed by atoms with E-state index >= 15 is 0 Å². The summed E-state index contributed by atoms with van der Waals surface area (Å²) in [4.78, 5) is 31.6. The number of Topliss-reactive ketones (excluding diaryl/α,β-unsaturated/α-hetero) is 1. The highest BCUT2D eigenvalue weighted by molar-refractivity contribution is 7.22. The van der Waals surface area contributed by atoms with E-state index in [9.17, 15) is 9.59 Å². The van der Waals surface area contributed by atoms with Crippen molar-refractivity contribution < 1.29 is 9.59 Å². The Labute approximate surface area is 179 Å². The van der Waals surface area contributed by atoms with Crippen molar-refractivity contribution in [2.24, 2.45) is 0 Å². The molecule has 1 heterocycles. The standard InChI is InChI=1S/C25H22N2O2S/c1-3-19-10-7-11-22-23(19)26-25(30-22)27(16-18-8-5-4-6-9-18)24(29)21-14-12-20(13-15-21)17(2)28/h4-15H,3,16H2,1-2H3. The molecule has 0 spiro atoms. The molecule has 0 unspecified atom stereocenters. The lowest BCUT2D eigenvalue weighted by atomic mass is 10.1. The first-order chi connectivity index (χ1) is 14.6. The fourth-order valence-electron chi connectivity index (χ4n) is 3.39. The SMILES string of the molecule is CCc1cccc2sc(N(Cc3ccccc3)C(=O)c3ccc(C(C)=O)cc3)nc12. The number of aryl methyl sites for hydroxylation is 1. The van der Waals surface area contributed by atoms with Gasteiger partial charge in [0, 0.05) is 11.1 Å². The monoisotopic (exact) mass is 414 g/mol. The summed E-state index contributed by atoms with van der Waals surface area (Å²) in [6.07, 6.45) is 0.889. The van der Waals surface area contributed by atoms with Crippen LogP contribution in [0.4, 0.5) is 5.13 Å². The summed E-state index contributed by atoms with van der Waals surface area (Å²) in [5, 5.41) is 0.676. The van der Waals surface area contributed by atoms with Gasteiger partial charge in [0.05, 0.1) is 16.8 Å². The normalized spacial score (nSPS) is 10.9. The van der Waals surface area contributed by atoms with E-state index in [1.165, 1.54) is 23.8 Å². The molecule has 0 bridgehead atoms. The molecule has 5 heteroatoms. The number of ketones is 1. The second-order valence-corrected chi connectivity index (χ2v) is 8.13. The predicted octanol–water partition coefficient (Wildman–Crippen LogP) is 5.91. The molecular weight excluding hydrogens is 392 g/mol. The van der Waals surface area contributed by atoms with Crippen molar-refractivity contribution >= 4 is 38.4 Å². The molecule has 4 nitrogen and oxygen atoms in total. The minimum absolute atomic E-state index is 0.0200. The van der Waals surface area contributed by atoms with Crippen molar-refractivity contribution in [1.82, 2.24) is 4.98 Å². The van der Waals surface area contributed by atoms with Gasteiger partial charge in [-0.25, -0.2) is 4.98 Å². The number of nitrogens with zero attached hydrogens (tertiary/aromatic N) is 2. The van der Waals surface area contributed by atoms with Gasteiger partial charge in [-0.15, -0.1) is 0 Å². The van der Waals surface area contributed by atoms with E-state index in [2.05, 4.69) is 13.0 Å². The third-order valence-electron chi connectivity index (χ3n) is 5.07. The highest BCUT2D eigenvalue weighted by Crippen LogP contribution is 2.32. The highest BCUT2D eigenvalue weighted by atomic mass is 32.1. The number of thiazole rings is 1. The Morgan fingerprint density at radius 3 is 2.27 bits per heavy atom. The Bertz CT molecular complexity index is 1200. The summed E-state index contributed by atoms with van der Waals surface area (Å²) < 4.78 is 1.07. The van der Waals surface area contributed by atoms with Gasteiger partial charge in [0.15, 0.2) is 10.9 Å². The average molecular weight is 415 g/mol. The molecule has 0 aliphatic carbocycles. The van der Waals surface area contributed by atoms with E-state index in [1.54, 1.807) is 29.2 Å². The minimum atomic E-state index is -0.133. The van der Waals surface area contributed by atoms with Gasteiger partial charge in [0.1, 0.15) is 0 Å². The zero-order valence-electron chi connectivity index (χ0n) is 17.0. The highest BCUT2D eigenvalue weighted by Gasteiger charge is 2.22. The molecule has 150 valence electrons. The number of rotatable bonds is 6. The van der Waals surface area contributed by atoms with Crippen molar-refractivity contribution in [3.63, 3.8) is 0 Å². The van der Waals surface area contributed by atoms with Crippen LogP contribution in [0, 0.1) is 0 Å². The van der Waals surface area contributed by atoms with Crippen LogP contribution < -0.4 is 4.90 Å². The Hall–Kier alpha value is -3.31. The van der Waals surface area contributed by atoms with E-state index in [0.29, 0.717) is 22.8 Å². The number of carbonyl (C=O) groups is 2. The van der Waals surface area contributed by atoms with Crippen molar-refractivity contribution in [3.8, 4) is 0 Å². The number of benzene rings is 3. The Balaban J connectivity index is 1.76. The quantitative estimate of drug-likeness (QED) is 0.369. The molecule has 0 aliphatic heterocycles. The third-order valence-corrected chi connectivity index (χ3v) is 6.11. The number of carbonyl (C=O) groups excluding carboxylic acids is 2. The van der Waals surface area contributed by atoms with E-state index in [-0.39, 0.29) is 11.7 Å². The number of amides is 1. The smallest absolute Gasteiger partial charge is 0.260 e. The number of hydrogen-bond donors (Lipinski definition) is 0. The van der Waals surface area contributed by atoms with Gasteiger partial charge < -0.3 is 0 Å². The second kappa shape index (κ2) is 8.59. The van der Waals surface area contributed by atoms with Gasteiger partial charge in [0.2, 0.25) is 0 Å². The van der Waals surface area contributed by atoms with Crippen LogP contribution in [0.2, 0.25) is 0 Å². The van der Waals surface area contributed by atoms with Gasteiger partial charge in [0.25, 0.3) is 5.91 Å². The van der Waals surface area contributed by atoms with E-state index in [0.717, 1.165) is 22.2 Å². The van der Waals surface area contributed by atoms with E-state index in [4.69, 9.17) is 4.98 Å². The first-order valence-corrected chi connectivity index (χ1v) is 10.7. The number of aromatic nitrogens is 1. The third kappa shape index (κ3) is 4.02. The number of para-hydroxylation sites is 1. The molecule has 0 atom stereocenters. The van der Waals surface area contributed by atoms with Crippen LogP contribution in [0.5, 0.6) is 0 Å². The molecule has 0 aliphatic rings. The Morgan fingerprint density at radius 2 is 1.60 bits per heavy atom. The van der Waals surface area contributed by atoms with Crippen LogP contribution in [0.3, 0.4) is 0 Å². The molecule has 1 amide bonds. The van der Waals surface area contributed by atoms with Crippen LogP contribution in [0.1, 0.15) is 45.7 Å². The molecule has 4 rings (SSSR count). The fourth-order valence-corrected chi connectivity index (χ4v) is 4.40. The van der Waals surface area contributed by atoms with Crippen molar-refractivity contribution in [2.75, 3.05) is 4.90 Å². The summed E-state index contributed by atoms with van der Waals surface area (Å²) in [6, 6.07) is 22.9. The van der Waals surface area contributed by atoms with Crippen LogP contribution in [0.15, 0.2) is 72.8 Å². The predicted molar refractivity (Wildman–Crippen MR) is 122 cm³/mol. The van der Waals surface area contributed by atoms with Gasteiger partial charge in [-0.1, -0.05) is 72.9 Å². The molecule has 0 saturated heterocycles. The summed E-state index contributed by atoms with van der Waals surface area (Å²) in [5.41, 5.74) is 4.28. The van der Waals surface area contributed by atoms with Crippen LogP contribution in [-0.4, -0.2) is 16.7 Å². The number of fused-ring (bicyclic) bond motifs is 1. The molecule has 0 N–H and O–H groups in total. The summed E-state index contributed by atoms with van der Waals surface area (Å²) >= 11 is 1.53. The number of anilines is 1. The van der Waals surface area contributed by atoms with Crippen molar-refractivity contribution in [2.45, 2.75) is 26.8 Å². The topological polar surface area (TPSA) is 50.3 Å². The van der Waals surface area contributed by atoms with E-state index < -0.39 is 0 Å². The molecule has 4 aromatic rings. The Kier molecular flexibility index (Phi) is 5.72. The first kappa shape index (κ1) is 20.0. The maximum absolute atomic E-state index is 13.5. The zero-order valence-corrected chi connectivity index (χ0v) is 17.8. The maximum atomic E-state index is 13.5. The molecule has 0 saturated carbocycles. The summed E-state index contributed by atoms with van der Waals surface area (Å²) in [6.45, 7) is 4.05. The second-order valence-electron chi connectivity index (χ2n) is 7.12. The molecular formula is C25H22N2O2S. The summed E-state index contributed by atoms with van der Waals surface area (Å²) in [5.74, 6) is -0.153. The Morgan fingerprint density at radius 1 is 0.900 bits per heavy atom. The van der Waals surface area contributed by atoms with Gasteiger partial charge in [-0.3, -0.25) is 14.5 Å². The van der Waals surface area contributed by atoms with Gasteiger partial charge in [-0.05, 0) is 42.7 Å². The molecule has 30 heavy (non-hydrogen) atoms. The fraction of sp³-hybridized carbons (Fsp3) is 0.160. The van der Waals surface area contributed by atoms with Crippen molar-refractivity contribution in [1.29, 1.82) is 0 Å². The zero-order chi connectivity index (χ0) is 21.1. The lowest BCUT2D eigenvalue weighted by molar-refractivity contribution is 0.0981. The molecule has 1 aromatic heterocycles. The number of hydrogen-bond acceptors (Lipinski definition) is 4. The lowest BCUT2D eigenvalue weighted by Gasteiger charge is -2.20. The van der Waals surface area contributed by atoms with Crippen LogP contribution >= 0.6 is 11.3 Å². The minimum Gasteiger partial charge on any atom is -0.295 e. The van der Waals surface area contributed by atoms with Gasteiger partial charge >= 0.3 is 0 Å². The van der Waals surface area contributed by atoms with Crippen LogP contribution in [-0.2, 0) is 13.0 Å². The molecule has 3 aromatic carbocycles. The van der Waals surface area contributed by atoms with E-state index in [1.807, 2.05) is 42.5 Å². The first-order valence-electron chi connectivity index (χ1n) is 9.92. The van der Waals surface area contributed by atoms with Gasteiger partial charge in [-0.2, -0.15) is 0 Å². The molecule has 0 radical (unpaired) electrons. The lowest BCUT2D eigenvalue weighted by Crippen LogP contribution is -2.30. The maximum Gasteiger partial charge on any atom is 0.260 e. The van der Waals surface area contributed by atoms with Crippen molar-refractivity contribution in [3.05, 3.63) is 95.1 Å². The summed E-state index contributed by atoms with van der Waals surface area (Å²) in [7, 11) is 0. The molecule has 0 fully saturated rings. The van der Waals surface area contributed by atoms with Crippen LogP contribution in [0.25, 0.3) is 10.2 Å².